The van der Waals surface area contributed by atoms with Crippen molar-refractivity contribution in [1.82, 2.24) is 46.6 Å². The molecule has 27 nitrogen and oxygen atoms in total. The number of likely N-dealkylation sites (tertiary alicyclic amines) is 1. The number of anilines is 1. The van der Waals surface area contributed by atoms with E-state index in [1.807, 2.05) is 44.2 Å². The van der Waals surface area contributed by atoms with Crippen LogP contribution < -0.4 is 43.0 Å². The van der Waals surface area contributed by atoms with E-state index in [-0.39, 0.29) is 87.5 Å². The largest absolute Gasteiger partial charge is 0.445 e. The van der Waals surface area contributed by atoms with Crippen LogP contribution in [0.5, 0.6) is 0 Å². The van der Waals surface area contributed by atoms with Gasteiger partial charge in [-0.2, -0.15) is 0 Å². The summed E-state index contributed by atoms with van der Waals surface area (Å²) in [6, 6.07) is 8.39. The molecular weight excluding hydrogens is 1190 g/mol. The fraction of sp³-hybridized carbons (Fsp3) is 0.615. The van der Waals surface area contributed by atoms with Crippen molar-refractivity contribution in [2.45, 2.75) is 180 Å². The van der Waals surface area contributed by atoms with E-state index in [1.165, 1.54) is 45.6 Å². The van der Waals surface area contributed by atoms with Crippen LogP contribution in [0.15, 0.2) is 66.7 Å². The maximum absolute atomic E-state index is 14.3. The minimum Gasteiger partial charge on any atom is -0.445 e. The molecule has 0 bridgehead atoms. The summed E-state index contributed by atoms with van der Waals surface area (Å²) >= 11 is 0. The Morgan fingerprint density at radius 2 is 1.36 bits per heavy atom. The Labute approximate surface area is 539 Å². The minimum atomic E-state index is -1.50. The number of aliphatic hydroxyl groups excluding tert-OH is 2. The molecule has 2 aromatic rings. The lowest BCUT2D eigenvalue weighted by molar-refractivity contribution is -0.143. The number of aliphatic hydroxyl groups is 2. The maximum atomic E-state index is 14.3. The van der Waals surface area contributed by atoms with Crippen LogP contribution in [-0.4, -0.2) is 199 Å². The van der Waals surface area contributed by atoms with Crippen molar-refractivity contribution in [3.63, 3.8) is 0 Å². The van der Waals surface area contributed by atoms with E-state index in [2.05, 4.69) is 37.2 Å². The van der Waals surface area contributed by atoms with Gasteiger partial charge in [0, 0.05) is 65.2 Å². The molecule has 510 valence electrons. The molecular formula is C65H99N11O16. The monoisotopic (exact) mass is 1290 g/mol. The van der Waals surface area contributed by atoms with Crippen LogP contribution in [0.2, 0.25) is 0 Å². The molecule has 0 aromatic heterocycles. The highest BCUT2D eigenvalue weighted by Crippen LogP contribution is 2.29. The number of nitrogens with zero attached hydrogens (tertiary/aromatic N) is 3. The molecule has 1 saturated heterocycles. The first kappa shape index (κ1) is 76.4. The number of urea groups is 1. The number of nitrogens with two attached hydrogens (primary N) is 1. The molecule has 2 aliphatic heterocycles. The Morgan fingerprint density at radius 3 is 1.95 bits per heavy atom. The third-order valence-corrected chi connectivity index (χ3v) is 16.8. The van der Waals surface area contributed by atoms with Gasteiger partial charge in [-0.15, -0.1) is 0 Å². The zero-order chi connectivity index (χ0) is 68.2. The standard InChI is InChI=1S/C65H99N11O16/c1-11-41(6)57(50(90-9)35-54(82)75-33-19-23-48(75)58(91-10)42(7)59(83)69-46(36-77)34-43-20-14-12-15-21-43)73-63(87)56(40(4)5)72-61(85)49(37-78)74(8)65(89)92-38-44-25-27-45(28-26-44)68-60(84)47(22-18-31-67-64(66)88)70-62(86)55(39(2)3)71-51(79)24-16-13-17-32-76-52(80)29-30-53(76)81/h12,14-15,20-21,25-30,39-42,46-50,55-58,77-78H,11,13,16-19,22-24,31-38H2,1-10H3,(H,68,84)(H,69,83)(H,70,86)(H,71,79)(H,72,85)(H,73,87)(H3,66,67,88)/t41-,42+,46-,47-,48-,49-,50+,55-,56-,57-,58+/m0/s1. The van der Waals surface area contributed by atoms with E-state index >= 15 is 0 Å². The second kappa shape index (κ2) is 38.7. The first-order valence-corrected chi connectivity index (χ1v) is 31.8. The maximum Gasteiger partial charge on any atom is 0.410 e. The molecule has 0 aliphatic carbocycles. The second-order valence-electron chi connectivity index (χ2n) is 24.3. The molecule has 2 aromatic carbocycles. The van der Waals surface area contributed by atoms with Crippen LogP contribution in [0, 0.1) is 23.7 Å². The predicted octanol–water partition coefficient (Wildman–Crippen LogP) is 2.55. The van der Waals surface area contributed by atoms with Crippen LogP contribution in [0.4, 0.5) is 15.3 Å². The summed E-state index contributed by atoms with van der Waals surface area (Å²) in [5, 5.41) is 40.0. The highest BCUT2D eigenvalue weighted by Gasteiger charge is 2.43. The van der Waals surface area contributed by atoms with Gasteiger partial charge in [0.1, 0.15) is 30.8 Å². The zero-order valence-electron chi connectivity index (χ0n) is 54.9. The number of hydrogen-bond donors (Lipinski definition) is 10. The summed E-state index contributed by atoms with van der Waals surface area (Å²) in [5.41, 5.74) is 6.94. The summed E-state index contributed by atoms with van der Waals surface area (Å²) in [4.78, 5) is 149. The Hall–Kier alpha value is -8.01. The Morgan fingerprint density at radius 1 is 0.717 bits per heavy atom. The summed E-state index contributed by atoms with van der Waals surface area (Å²) in [7, 11) is 4.20. The number of benzene rings is 2. The van der Waals surface area contributed by atoms with Gasteiger partial charge in [-0.3, -0.25) is 53.0 Å². The minimum absolute atomic E-state index is 0.0679. The van der Waals surface area contributed by atoms with Crippen LogP contribution in [0.25, 0.3) is 0 Å². The van der Waals surface area contributed by atoms with Gasteiger partial charge in [-0.05, 0) is 86.0 Å². The molecule has 1 fully saturated rings. The highest BCUT2D eigenvalue weighted by atomic mass is 16.6. The highest BCUT2D eigenvalue weighted by molar-refractivity contribution is 6.12. The second-order valence-corrected chi connectivity index (χ2v) is 24.3. The number of likely N-dealkylation sites (N-methyl/N-ethyl adjacent to an activating group) is 1. The number of nitrogens with one attached hydrogen (secondary N) is 7. The number of methoxy groups -OCH3 is 2. The lowest BCUT2D eigenvalue weighted by Gasteiger charge is -2.37. The van der Waals surface area contributed by atoms with E-state index < -0.39 is 115 Å². The number of imide groups is 1. The van der Waals surface area contributed by atoms with E-state index in [4.69, 9.17) is 19.9 Å². The predicted molar refractivity (Wildman–Crippen MR) is 341 cm³/mol. The van der Waals surface area contributed by atoms with Crippen molar-refractivity contribution in [2.75, 3.05) is 59.4 Å². The quantitative estimate of drug-likeness (QED) is 0.0340. The molecule has 0 spiro atoms. The van der Waals surface area contributed by atoms with Gasteiger partial charge in [0.2, 0.25) is 41.4 Å². The van der Waals surface area contributed by atoms with Gasteiger partial charge in [0.25, 0.3) is 11.8 Å². The van der Waals surface area contributed by atoms with Gasteiger partial charge < -0.3 is 72.3 Å². The number of carbonyl (C=O) groups is 11. The number of primary amides is 1. The average molecular weight is 1290 g/mol. The van der Waals surface area contributed by atoms with Crippen LogP contribution in [-0.2, 0) is 70.4 Å². The smallest absolute Gasteiger partial charge is 0.410 e. The molecule has 0 radical (unpaired) electrons. The zero-order valence-corrected chi connectivity index (χ0v) is 54.9. The van der Waals surface area contributed by atoms with Crippen molar-refractivity contribution in [2.24, 2.45) is 29.4 Å². The van der Waals surface area contributed by atoms with Gasteiger partial charge in [-0.1, -0.05) is 104 Å². The number of rotatable bonds is 39. The summed E-state index contributed by atoms with van der Waals surface area (Å²) < 4.78 is 17.4. The molecule has 11 N–H and O–H groups in total. The number of unbranched alkanes of at least 4 members (excludes halogenated alkanes) is 2. The molecule has 0 unspecified atom stereocenters. The Kier molecular flexibility index (Phi) is 32.2. The fourth-order valence-corrected chi connectivity index (χ4v) is 11.1. The van der Waals surface area contributed by atoms with Crippen LogP contribution in [0.1, 0.15) is 124 Å². The van der Waals surface area contributed by atoms with Gasteiger partial charge >= 0.3 is 12.1 Å². The fourth-order valence-electron chi connectivity index (χ4n) is 11.1. The summed E-state index contributed by atoms with van der Waals surface area (Å²) in [6.45, 7) is 11.8. The van der Waals surface area contributed by atoms with E-state index in [0.29, 0.717) is 62.7 Å². The molecule has 27 heteroatoms. The first-order valence-electron chi connectivity index (χ1n) is 31.8. The number of carbonyl (C=O) groups excluding carboxylic acids is 11. The van der Waals surface area contributed by atoms with Crippen molar-refractivity contribution in [1.29, 1.82) is 0 Å². The van der Waals surface area contributed by atoms with Gasteiger partial charge in [-0.25, -0.2) is 9.59 Å². The Bertz CT molecular complexity index is 2790. The van der Waals surface area contributed by atoms with Gasteiger partial charge in [0.05, 0.1) is 55.9 Å². The van der Waals surface area contributed by atoms with Crippen molar-refractivity contribution < 1.29 is 77.2 Å². The number of amides is 12. The van der Waals surface area contributed by atoms with E-state index in [9.17, 15) is 63.0 Å². The van der Waals surface area contributed by atoms with Crippen molar-refractivity contribution in [3.8, 4) is 0 Å². The number of ether oxygens (including phenoxy) is 3. The molecule has 92 heavy (non-hydrogen) atoms. The third kappa shape index (κ3) is 23.6. The van der Waals surface area contributed by atoms with E-state index in [1.54, 1.807) is 51.7 Å². The topological polar surface area (TPSA) is 376 Å². The SMILES string of the molecule is CC[C@H](C)[C@H](NC(=O)[C@@H](NC(=O)[C@H](CO)N(C)C(=O)OCc1ccc(NC(=O)[C@H](CCCNC(N)=O)NC(=O)[C@@H](NC(=O)CCCCCN2C(=O)C=CC2=O)C(C)C)cc1)C(C)C)[C@@H](CC(=O)N1CCC[C@H]1[C@H](OC)[C@@H](C)C(=O)N[C@H](CO)Cc1ccccc1)OC. The lowest BCUT2D eigenvalue weighted by Crippen LogP contribution is -2.60. The van der Waals surface area contributed by atoms with E-state index in [0.717, 1.165) is 15.4 Å². The van der Waals surface area contributed by atoms with Crippen molar-refractivity contribution in [3.05, 3.63) is 77.9 Å². The van der Waals surface area contributed by atoms with Gasteiger partial charge in [0.15, 0.2) is 0 Å². The molecule has 2 aliphatic rings. The van der Waals surface area contributed by atoms with Crippen LogP contribution in [0.3, 0.4) is 0 Å². The molecule has 2 heterocycles. The first-order chi connectivity index (χ1) is 43.8. The molecule has 4 rings (SSSR count). The Balaban J connectivity index is 1.33. The number of hydrogen-bond acceptors (Lipinski definition) is 16. The lowest BCUT2D eigenvalue weighted by atomic mass is 9.90. The molecule has 0 saturated carbocycles. The molecule has 12 amide bonds. The summed E-state index contributed by atoms with van der Waals surface area (Å²) in [5.74, 6) is -6.22. The third-order valence-electron chi connectivity index (χ3n) is 16.8. The van der Waals surface area contributed by atoms with Crippen LogP contribution >= 0.6 is 0 Å². The summed E-state index contributed by atoms with van der Waals surface area (Å²) in [6.07, 6.45) is 3.92. The average Bonchev–Trinajstić information content (AvgIpc) is 1.76. The van der Waals surface area contributed by atoms with Crippen molar-refractivity contribution >= 4 is 71.0 Å². The normalized spacial score (nSPS) is 17.1. The molecule has 11 atom stereocenters.